The molecular weight excluding hydrogens is 392 g/mol. The zero-order chi connectivity index (χ0) is 23.5. The molecule has 3 aromatic rings. The van der Waals surface area contributed by atoms with Gasteiger partial charge in [-0.05, 0) is 43.3 Å². The highest BCUT2D eigenvalue weighted by molar-refractivity contribution is 5.93. The van der Waals surface area contributed by atoms with Crippen molar-refractivity contribution in [3.63, 3.8) is 0 Å². The molecule has 1 N–H and O–H groups in total. The van der Waals surface area contributed by atoms with Crippen molar-refractivity contribution in [2.75, 3.05) is 30.9 Å². The summed E-state index contributed by atoms with van der Waals surface area (Å²) in [6.07, 6.45) is 0. The van der Waals surface area contributed by atoms with E-state index in [1.165, 1.54) is 5.56 Å². The highest BCUT2D eigenvalue weighted by atomic mass is 16.5. The van der Waals surface area contributed by atoms with E-state index in [1.54, 1.807) is 7.11 Å². The van der Waals surface area contributed by atoms with Crippen LogP contribution in [0.15, 0.2) is 84.9 Å². The topological polar surface area (TPSA) is 75.7 Å². The Labute approximate surface area is 184 Å². The van der Waals surface area contributed by atoms with Gasteiger partial charge in [-0.3, -0.25) is 4.79 Å². The average Bonchev–Trinajstić information content (AvgIpc) is 2.84. The summed E-state index contributed by atoms with van der Waals surface area (Å²) < 4.78 is 4.97. The fourth-order valence-electron chi connectivity index (χ4n) is 2.39. The maximum Gasteiger partial charge on any atom is 0.243 e. The van der Waals surface area contributed by atoms with Crippen LogP contribution in [0.2, 0.25) is 0 Å². The standard InChI is InChI=1S/C15H16N2O.C8H10O.2CH2O/c1-17(14-10-6-3-7-11-14)12-15(18)16-13-8-4-2-5-9-13;1-7-3-5-8(9-2)6-4-7;2*1-2/h2-11H,12H2,1H3,(H,16,18);3-6H,1-2H3;2*1H2. The Morgan fingerprint density at radius 2 is 1.32 bits per heavy atom. The zero-order valence-corrected chi connectivity index (χ0v) is 18.3. The number of amides is 1. The number of ether oxygens (including phenoxy) is 1. The monoisotopic (exact) mass is 422 g/mol. The van der Waals surface area contributed by atoms with Crippen molar-refractivity contribution in [3.8, 4) is 5.75 Å². The Hall–Kier alpha value is -3.93. The third kappa shape index (κ3) is 11.6. The Bertz CT molecular complexity index is 838. The van der Waals surface area contributed by atoms with E-state index in [0.717, 1.165) is 17.1 Å². The summed E-state index contributed by atoms with van der Waals surface area (Å²) in [7, 11) is 3.57. The fraction of sp³-hybridized carbons (Fsp3) is 0.160. The third-order valence-corrected chi connectivity index (χ3v) is 3.89. The van der Waals surface area contributed by atoms with Crippen molar-refractivity contribution in [1.82, 2.24) is 0 Å². The second kappa shape index (κ2) is 17.0. The van der Waals surface area contributed by atoms with Crippen molar-refractivity contribution >= 4 is 30.9 Å². The SMILES string of the molecule is C=O.C=O.CN(CC(=O)Nc1ccccc1)c1ccccc1.COc1ccc(C)cc1. The van der Waals surface area contributed by atoms with E-state index in [0.29, 0.717) is 6.54 Å². The maximum atomic E-state index is 11.8. The second-order valence-electron chi connectivity index (χ2n) is 6.12. The van der Waals surface area contributed by atoms with Gasteiger partial charge in [0.05, 0.1) is 13.7 Å². The van der Waals surface area contributed by atoms with Gasteiger partial charge < -0.3 is 24.5 Å². The van der Waals surface area contributed by atoms with Crippen molar-refractivity contribution in [2.45, 2.75) is 6.92 Å². The first kappa shape index (κ1) is 27.1. The molecule has 1 amide bonds. The lowest BCUT2D eigenvalue weighted by Gasteiger charge is -2.18. The summed E-state index contributed by atoms with van der Waals surface area (Å²) in [4.78, 5) is 29.8. The number of hydrogen-bond acceptors (Lipinski definition) is 5. The molecule has 0 heterocycles. The zero-order valence-electron chi connectivity index (χ0n) is 18.3. The number of aryl methyl sites for hydroxylation is 1. The molecule has 0 aliphatic heterocycles. The predicted molar refractivity (Wildman–Crippen MR) is 127 cm³/mol. The molecule has 3 aromatic carbocycles. The van der Waals surface area contributed by atoms with Gasteiger partial charge in [0.15, 0.2) is 0 Å². The van der Waals surface area contributed by atoms with Crippen LogP contribution in [0.5, 0.6) is 5.75 Å². The average molecular weight is 423 g/mol. The van der Waals surface area contributed by atoms with Crippen LogP contribution in [0.25, 0.3) is 0 Å². The van der Waals surface area contributed by atoms with E-state index in [1.807, 2.05) is 110 Å². The summed E-state index contributed by atoms with van der Waals surface area (Å²) in [5.41, 5.74) is 3.11. The first-order valence-electron chi connectivity index (χ1n) is 9.38. The number of para-hydroxylation sites is 2. The summed E-state index contributed by atoms with van der Waals surface area (Å²) in [5, 5.41) is 2.86. The van der Waals surface area contributed by atoms with Crippen LogP contribution in [0.3, 0.4) is 0 Å². The molecule has 0 aliphatic rings. The van der Waals surface area contributed by atoms with Crippen molar-refractivity contribution in [2.24, 2.45) is 0 Å². The first-order chi connectivity index (χ1) is 15.1. The van der Waals surface area contributed by atoms with Crippen LogP contribution in [0.1, 0.15) is 5.56 Å². The molecule has 0 spiro atoms. The first-order valence-corrected chi connectivity index (χ1v) is 9.38. The number of anilines is 2. The van der Waals surface area contributed by atoms with Crippen LogP contribution in [-0.4, -0.2) is 40.2 Å². The molecule has 6 heteroatoms. The van der Waals surface area contributed by atoms with Crippen LogP contribution in [-0.2, 0) is 14.4 Å². The Morgan fingerprint density at radius 3 is 1.81 bits per heavy atom. The largest absolute Gasteiger partial charge is 0.497 e. The normalized spacial score (nSPS) is 8.61. The van der Waals surface area contributed by atoms with Crippen molar-refractivity contribution < 1.29 is 19.1 Å². The molecule has 3 rings (SSSR count). The molecular formula is C25H30N2O4. The number of benzene rings is 3. The lowest BCUT2D eigenvalue weighted by Crippen LogP contribution is -2.29. The number of carbonyl (C=O) groups is 3. The number of likely N-dealkylation sites (N-methyl/N-ethyl adjacent to an activating group) is 1. The number of methoxy groups -OCH3 is 1. The second-order valence-corrected chi connectivity index (χ2v) is 6.12. The molecule has 0 fully saturated rings. The molecule has 0 saturated carbocycles. The van der Waals surface area contributed by atoms with Gasteiger partial charge >= 0.3 is 0 Å². The van der Waals surface area contributed by atoms with Gasteiger partial charge in [0, 0.05) is 18.4 Å². The Morgan fingerprint density at radius 1 is 0.839 bits per heavy atom. The summed E-state index contributed by atoms with van der Waals surface area (Å²) in [6, 6.07) is 27.3. The van der Waals surface area contributed by atoms with Gasteiger partial charge in [-0.25, -0.2) is 0 Å². The van der Waals surface area contributed by atoms with Crippen LogP contribution in [0, 0.1) is 6.92 Å². The van der Waals surface area contributed by atoms with Gasteiger partial charge in [0.1, 0.15) is 19.3 Å². The van der Waals surface area contributed by atoms with E-state index in [-0.39, 0.29) is 5.91 Å². The number of carbonyl (C=O) groups excluding carboxylic acids is 3. The summed E-state index contributed by atoms with van der Waals surface area (Å²) >= 11 is 0. The van der Waals surface area contributed by atoms with Crippen LogP contribution in [0.4, 0.5) is 11.4 Å². The van der Waals surface area contributed by atoms with Gasteiger partial charge in [0.2, 0.25) is 5.91 Å². The minimum absolute atomic E-state index is 0.0208. The quantitative estimate of drug-likeness (QED) is 0.660. The van der Waals surface area contributed by atoms with E-state index in [9.17, 15) is 4.79 Å². The lowest BCUT2D eigenvalue weighted by molar-refractivity contribution is -0.115. The molecule has 31 heavy (non-hydrogen) atoms. The number of nitrogens with one attached hydrogen (secondary N) is 1. The van der Waals surface area contributed by atoms with Crippen LogP contribution < -0.4 is 15.0 Å². The van der Waals surface area contributed by atoms with E-state index >= 15 is 0 Å². The molecule has 0 atom stereocenters. The highest BCUT2D eigenvalue weighted by Crippen LogP contribution is 2.11. The maximum absolute atomic E-state index is 11.8. The molecule has 164 valence electrons. The van der Waals surface area contributed by atoms with Crippen molar-refractivity contribution in [3.05, 3.63) is 90.5 Å². The minimum atomic E-state index is -0.0208. The number of rotatable bonds is 5. The molecule has 0 bridgehead atoms. The third-order valence-electron chi connectivity index (χ3n) is 3.89. The highest BCUT2D eigenvalue weighted by Gasteiger charge is 2.06. The Balaban J connectivity index is 0.000000582. The van der Waals surface area contributed by atoms with Gasteiger partial charge in [-0.1, -0.05) is 54.1 Å². The predicted octanol–water partition coefficient (Wildman–Crippen LogP) is 4.40. The molecule has 0 aliphatic carbocycles. The summed E-state index contributed by atoms with van der Waals surface area (Å²) in [5.74, 6) is 0.896. The summed E-state index contributed by atoms with van der Waals surface area (Å²) in [6.45, 7) is 6.39. The fourth-order valence-corrected chi connectivity index (χ4v) is 2.39. The molecule has 0 aromatic heterocycles. The van der Waals surface area contributed by atoms with Crippen LogP contribution >= 0.6 is 0 Å². The molecule has 6 nitrogen and oxygen atoms in total. The van der Waals surface area contributed by atoms with Gasteiger partial charge in [-0.2, -0.15) is 0 Å². The molecule has 0 saturated heterocycles. The molecule has 0 unspecified atom stereocenters. The van der Waals surface area contributed by atoms with Gasteiger partial charge in [0.25, 0.3) is 0 Å². The number of nitrogens with zero attached hydrogens (tertiary/aromatic N) is 1. The molecule has 0 radical (unpaired) electrons. The smallest absolute Gasteiger partial charge is 0.243 e. The van der Waals surface area contributed by atoms with Gasteiger partial charge in [-0.15, -0.1) is 0 Å². The van der Waals surface area contributed by atoms with E-state index in [4.69, 9.17) is 14.3 Å². The van der Waals surface area contributed by atoms with Crippen molar-refractivity contribution in [1.29, 1.82) is 0 Å². The number of hydrogen-bond donors (Lipinski definition) is 1. The lowest BCUT2D eigenvalue weighted by atomic mass is 10.2. The van der Waals surface area contributed by atoms with E-state index < -0.39 is 0 Å². The van der Waals surface area contributed by atoms with E-state index in [2.05, 4.69) is 12.2 Å². The minimum Gasteiger partial charge on any atom is -0.497 e. The Kier molecular flexibility index (Phi) is 14.8.